The summed E-state index contributed by atoms with van der Waals surface area (Å²) in [4.78, 5) is 0. The Kier molecular flexibility index (Phi) is 2.55. The van der Waals surface area contributed by atoms with E-state index >= 15 is 0 Å². The molecule has 2 aromatic heterocycles. The minimum atomic E-state index is 0.00247. The zero-order valence-electron chi connectivity index (χ0n) is 8.96. The van der Waals surface area contributed by atoms with Gasteiger partial charge >= 0.3 is 0 Å². The van der Waals surface area contributed by atoms with E-state index in [1.54, 1.807) is 6.21 Å². The van der Waals surface area contributed by atoms with Gasteiger partial charge in [-0.15, -0.1) is 0 Å². The van der Waals surface area contributed by atoms with Crippen molar-refractivity contribution in [2.45, 2.75) is 0 Å². The molecule has 0 unspecified atom stereocenters. The lowest BCUT2D eigenvalue weighted by molar-refractivity contribution is -0.510. The number of hydrogen-bond donors (Lipinski definition) is 3. The first-order chi connectivity index (χ1) is 7.68. The number of aromatic nitrogens is 2. The van der Waals surface area contributed by atoms with Crippen LogP contribution in [0.1, 0.15) is 5.69 Å². The van der Waals surface area contributed by atoms with Crippen molar-refractivity contribution in [2.24, 2.45) is 23.6 Å². The van der Waals surface area contributed by atoms with E-state index in [1.807, 2.05) is 46.6 Å². The zero-order valence-corrected chi connectivity index (χ0v) is 8.96. The van der Waals surface area contributed by atoms with Crippen molar-refractivity contribution >= 4 is 17.8 Å². The minimum absolute atomic E-state index is 0.00247. The third-order valence-corrected chi connectivity index (χ3v) is 2.28. The van der Waals surface area contributed by atoms with Gasteiger partial charge in [-0.25, -0.2) is 8.97 Å². The molecule has 0 amide bonds. The maximum Gasteiger partial charge on any atom is 0.286 e. The van der Waals surface area contributed by atoms with Gasteiger partial charge in [0.2, 0.25) is 11.9 Å². The average Bonchev–Trinajstić information content (AvgIpc) is 2.56. The van der Waals surface area contributed by atoms with Crippen molar-refractivity contribution in [1.29, 1.82) is 0 Å². The summed E-state index contributed by atoms with van der Waals surface area (Å²) in [6.07, 6.45) is 5.69. The maximum absolute atomic E-state index is 5.20. The normalized spacial score (nSPS) is 11.1. The molecule has 0 aliphatic rings. The molecular weight excluding hydrogens is 204 g/mol. The Morgan fingerprint density at radius 2 is 2.31 bits per heavy atom. The number of hydrogen-bond acceptors (Lipinski definition) is 1. The number of guanidine groups is 1. The van der Waals surface area contributed by atoms with Crippen LogP contribution in [0.25, 0.3) is 5.65 Å². The SMILES string of the molecule is Cn1c(/C=[NH+]/N=C(N)N)c[n+]2ccccc12. The quantitative estimate of drug-likeness (QED) is 0.224. The van der Waals surface area contributed by atoms with Crippen LogP contribution < -0.4 is 21.0 Å². The van der Waals surface area contributed by atoms with Crippen LogP contribution in [0.3, 0.4) is 0 Å². The van der Waals surface area contributed by atoms with E-state index in [-0.39, 0.29) is 5.96 Å². The predicted octanol–water partition coefficient (Wildman–Crippen LogP) is -2.55. The van der Waals surface area contributed by atoms with Crippen LogP contribution in [0.15, 0.2) is 35.7 Å². The van der Waals surface area contributed by atoms with Crippen molar-refractivity contribution in [3.8, 4) is 0 Å². The Labute approximate surface area is 92.5 Å². The molecule has 0 atom stereocenters. The lowest BCUT2D eigenvalue weighted by Gasteiger charge is -1.85. The third-order valence-electron chi connectivity index (χ3n) is 2.28. The Hall–Kier alpha value is -2.37. The number of rotatable bonds is 2. The molecule has 0 spiro atoms. The third kappa shape index (κ3) is 1.85. The molecule has 0 fully saturated rings. The Bertz CT molecular complexity index is 562. The van der Waals surface area contributed by atoms with Crippen molar-refractivity contribution in [3.05, 3.63) is 36.3 Å². The molecule has 0 bridgehead atoms. The molecule has 0 aliphatic carbocycles. The van der Waals surface area contributed by atoms with Gasteiger partial charge in [-0.05, 0) is 6.07 Å². The molecule has 16 heavy (non-hydrogen) atoms. The van der Waals surface area contributed by atoms with Gasteiger partial charge in [0.1, 0.15) is 6.20 Å². The zero-order chi connectivity index (χ0) is 11.5. The molecule has 2 heterocycles. The summed E-state index contributed by atoms with van der Waals surface area (Å²) in [7, 11) is 1.97. The number of fused-ring (bicyclic) bond motifs is 1. The van der Waals surface area contributed by atoms with Gasteiger partial charge in [0.25, 0.3) is 11.6 Å². The second-order valence-electron chi connectivity index (χ2n) is 3.39. The minimum Gasteiger partial charge on any atom is -0.365 e. The van der Waals surface area contributed by atoms with Crippen molar-refractivity contribution in [2.75, 3.05) is 0 Å². The average molecular weight is 218 g/mol. The summed E-state index contributed by atoms with van der Waals surface area (Å²) >= 11 is 0. The highest BCUT2D eigenvalue weighted by atomic mass is 15.3. The maximum atomic E-state index is 5.20. The van der Waals surface area contributed by atoms with Crippen molar-refractivity contribution in [1.82, 2.24) is 4.57 Å². The van der Waals surface area contributed by atoms with E-state index in [0.717, 1.165) is 11.3 Å². The van der Waals surface area contributed by atoms with Crippen LogP contribution in [-0.2, 0) is 7.05 Å². The van der Waals surface area contributed by atoms with Crippen molar-refractivity contribution < 1.29 is 9.50 Å². The molecule has 0 radical (unpaired) electrons. The fourth-order valence-electron chi connectivity index (χ4n) is 1.51. The molecule has 2 rings (SSSR count). The molecule has 0 aromatic carbocycles. The highest BCUT2D eigenvalue weighted by Gasteiger charge is 2.13. The number of nitrogens with zero attached hydrogens (tertiary/aromatic N) is 3. The first-order valence-electron chi connectivity index (χ1n) is 4.81. The number of aryl methyl sites for hydroxylation is 1. The van der Waals surface area contributed by atoms with Gasteiger partial charge in [-0.2, -0.15) is 0 Å². The summed E-state index contributed by atoms with van der Waals surface area (Å²) < 4.78 is 4.04. The van der Waals surface area contributed by atoms with Gasteiger partial charge in [0.05, 0.1) is 13.2 Å². The van der Waals surface area contributed by atoms with E-state index < -0.39 is 0 Å². The standard InChI is InChI=1S/C10H13N6/c1-15-8(6-13-14-10(11)12)7-16-5-3-2-4-9(15)16/h2-7H,1H3,(H4,11,12,14)/q+1/p+1/b13-6+. The van der Waals surface area contributed by atoms with Gasteiger partial charge in [-0.1, -0.05) is 11.2 Å². The van der Waals surface area contributed by atoms with Crippen LogP contribution in [0.5, 0.6) is 0 Å². The Morgan fingerprint density at radius 3 is 3.00 bits per heavy atom. The molecule has 2 aromatic rings. The largest absolute Gasteiger partial charge is 0.365 e. The molecule has 0 saturated carbocycles. The molecule has 6 nitrogen and oxygen atoms in total. The smallest absolute Gasteiger partial charge is 0.286 e. The number of pyridine rings is 1. The fourth-order valence-corrected chi connectivity index (χ4v) is 1.51. The van der Waals surface area contributed by atoms with Crippen LogP contribution in [0.4, 0.5) is 0 Å². The molecule has 82 valence electrons. The van der Waals surface area contributed by atoms with Crippen LogP contribution >= 0.6 is 0 Å². The number of imidazole rings is 1. The predicted molar refractivity (Wildman–Crippen MR) is 60.5 cm³/mol. The lowest BCUT2D eigenvalue weighted by atomic mass is 10.5. The van der Waals surface area contributed by atoms with E-state index in [4.69, 9.17) is 11.5 Å². The van der Waals surface area contributed by atoms with E-state index in [2.05, 4.69) is 10.2 Å². The summed E-state index contributed by atoms with van der Waals surface area (Å²) in [5, 5.41) is 6.36. The molecule has 0 aliphatic heterocycles. The molecule has 0 saturated heterocycles. The van der Waals surface area contributed by atoms with Crippen molar-refractivity contribution in [3.63, 3.8) is 0 Å². The van der Waals surface area contributed by atoms with E-state index in [1.165, 1.54) is 0 Å². The van der Waals surface area contributed by atoms with E-state index in [9.17, 15) is 0 Å². The Balaban J connectivity index is 2.42. The first kappa shape index (κ1) is 10.2. The number of nitrogens with one attached hydrogen (secondary N) is 1. The highest BCUT2D eigenvalue weighted by Crippen LogP contribution is 1.98. The second kappa shape index (κ2) is 4.01. The van der Waals surface area contributed by atoms with Crippen LogP contribution in [0.2, 0.25) is 0 Å². The number of hydrazone groups is 1. The van der Waals surface area contributed by atoms with Gasteiger partial charge in [0.15, 0.2) is 0 Å². The van der Waals surface area contributed by atoms with Gasteiger partial charge < -0.3 is 11.5 Å². The second-order valence-corrected chi connectivity index (χ2v) is 3.39. The summed E-state index contributed by atoms with van der Waals surface area (Å²) in [6.45, 7) is 0. The first-order valence-corrected chi connectivity index (χ1v) is 4.81. The lowest BCUT2D eigenvalue weighted by Crippen LogP contribution is -2.64. The molecule has 6 heteroatoms. The molecule has 5 N–H and O–H groups in total. The monoisotopic (exact) mass is 218 g/mol. The topological polar surface area (TPSA) is 87.4 Å². The number of nitrogens with two attached hydrogens (primary N) is 2. The van der Waals surface area contributed by atoms with Gasteiger partial charge in [0, 0.05) is 11.2 Å². The molecular formula is C10H14N6+2. The highest BCUT2D eigenvalue weighted by molar-refractivity contribution is 5.76. The summed E-state index contributed by atoms with van der Waals surface area (Å²) in [6, 6.07) is 5.99. The van der Waals surface area contributed by atoms with Crippen LogP contribution in [-0.4, -0.2) is 16.7 Å². The summed E-state index contributed by atoms with van der Waals surface area (Å²) in [5.41, 5.74) is 12.5. The Morgan fingerprint density at radius 1 is 1.50 bits per heavy atom. The van der Waals surface area contributed by atoms with Crippen LogP contribution in [0, 0.1) is 0 Å². The summed E-state index contributed by atoms with van der Waals surface area (Å²) in [5.74, 6) is 0.00247. The van der Waals surface area contributed by atoms with Gasteiger partial charge in [-0.3, -0.25) is 0 Å². The fraction of sp³-hybridized carbons (Fsp3) is 0.100. The van der Waals surface area contributed by atoms with E-state index in [0.29, 0.717) is 0 Å².